The molecule has 0 radical (unpaired) electrons. The second kappa shape index (κ2) is 5.08. The Morgan fingerprint density at radius 3 is 2.47 bits per heavy atom. The Bertz CT molecular complexity index is 729. The highest BCUT2D eigenvalue weighted by atomic mass is 35.5. The number of benzene rings is 1. The van der Waals surface area contributed by atoms with E-state index in [9.17, 15) is 0 Å². The molecule has 1 aromatic carbocycles. The summed E-state index contributed by atoms with van der Waals surface area (Å²) in [5.41, 5.74) is 1.78. The third kappa shape index (κ3) is 2.22. The molecule has 0 unspecified atom stereocenters. The Labute approximate surface area is 125 Å². The molecule has 3 aromatic rings. The minimum absolute atomic E-state index is 0.438. The van der Waals surface area contributed by atoms with E-state index in [2.05, 4.69) is 22.1 Å². The summed E-state index contributed by atoms with van der Waals surface area (Å²) in [5, 5.41) is 4.04. The van der Waals surface area contributed by atoms with Crippen LogP contribution in [0.5, 0.6) is 0 Å². The van der Waals surface area contributed by atoms with Crippen molar-refractivity contribution in [3.05, 3.63) is 45.5 Å². The Morgan fingerprint density at radius 1 is 1.11 bits per heavy atom. The van der Waals surface area contributed by atoms with E-state index >= 15 is 0 Å². The van der Waals surface area contributed by atoms with Gasteiger partial charge in [-0.25, -0.2) is 9.97 Å². The summed E-state index contributed by atoms with van der Waals surface area (Å²) < 4.78 is 1.20. The van der Waals surface area contributed by atoms with Crippen LogP contribution in [0, 0.1) is 0 Å². The molecule has 0 aliphatic carbocycles. The molecule has 0 aliphatic rings. The zero-order chi connectivity index (χ0) is 13.4. The van der Waals surface area contributed by atoms with E-state index in [1.807, 2.05) is 24.4 Å². The molecule has 0 aliphatic heterocycles. The first-order valence-corrected chi connectivity index (χ1v) is 7.52. The molecule has 2 heterocycles. The van der Waals surface area contributed by atoms with Gasteiger partial charge in [0.05, 0.1) is 0 Å². The Hall–Kier alpha value is -1.16. The molecule has 0 spiro atoms. The SMILES string of the molecule is CCc1c(Cl)nc(-c2csc3ccccc23)nc1Cl. The van der Waals surface area contributed by atoms with Crippen LogP contribution in [-0.2, 0) is 6.42 Å². The molecule has 0 bridgehead atoms. The van der Waals surface area contributed by atoms with Crippen molar-refractivity contribution in [1.82, 2.24) is 9.97 Å². The largest absolute Gasteiger partial charge is 0.216 e. The van der Waals surface area contributed by atoms with E-state index in [0.717, 1.165) is 22.9 Å². The summed E-state index contributed by atoms with van der Waals surface area (Å²) in [5.74, 6) is 0.588. The van der Waals surface area contributed by atoms with Gasteiger partial charge in [0.1, 0.15) is 10.3 Å². The number of aromatic nitrogens is 2. The predicted octanol–water partition coefficient (Wildman–Crippen LogP) is 5.23. The van der Waals surface area contributed by atoms with Crippen molar-refractivity contribution in [1.29, 1.82) is 0 Å². The van der Waals surface area contributed by atoms with Gasteiger partial charge >= 0.3 is 0 Å². The van der Waals surface area contributed by atoms with E-state index in [0.29, 0.717) is 16.1 Å². The average Bonchev–Trinajstić information content (AvgIpc) is 2.82. The normalized spacial score (nSPS) is 11.1. The fraction of sp³-hybridized carbons (Fsp3) is 0.143. The Kier molecular flexibility index (Phi) is 3.44. The number of fused-ring (bicyclic) bond motifs is 1. The fourth-order valence-corrected chi connectivity index (χ4v) is 3.59. The van der Waals surface area contributed by atoms with Crippen LogP contribution in [0.15, 0.2) is 29.6 Å². The van der Waals surface area contributed by atoms with E-state index in [4.69, 9.17) is 23.2 Å². The van der Waals surface area contributed by atoms with E-state index in [1.165, 1.54) is 4.70 Å². The molecule has 0 fully saturated rings. The van der Waals surface area contributed by atoms with Gasteiger partial charge < -0.3 is 0 Å². The van der Waals surface area contributed by atoms with Crippen LogP contribution >= 0.6 is 34.5 Å². The van der Waals surface area contributed by atoms with E-state index in [-0.39, 0.29) is 0 Å². The molecule has 0 amide bonds. The Balaban J connectivity index is 2.22. The van der Waals surface area contributed by atoms with Crippen LogP contribution in [-0.4, -0.2) is 9.97 Å². The molecular weight excluding hydrogens is 299 g/mol. The number of rotatable bonds is 2. The third-order valence-corrected chi connectivity index (χ3v) is 4.57. The third-order valence-electron chi connectivity index (χ3n) is 2.98. The van der Waals surface area contributed by atoms with Crippen molar-refractivity contribution in [2.45, 2.75) is 13.3 Å². The summed E-state index contributed by atoms with van der Waals surface area (Å²) in [6.07, 6.45) is 0.725. The molecule has 0 saturated carbocycles. The van der Waals surface area contributed by atoms with Crippen molar-refractivity contribution in [3.8, 4) is 11.4 Å². The molecule has 0 N–H and O–H groups in total. The fourth-order valence-electron chi connectivity index (χ4n) is 1.99. The molecule has 5 heteroatoms. The maximum atomic E-state index is 6.17. The predicted molar refractivity (Wildman–Crippen MR) is 82.2 cm³/mol. The second-order valence-corrected chi connectivity index (χ2v) is 5.73. The first kappa shape index (κ1) is 12.9. The molecular formula is C14H10Cl2N2S. The van der Waals surface area contributed by atoms with Gasteiger partial charge in [-0.1, -0.05) is 48.3 Å². The van der Waals surface area contributed by atoms with Crippen LogP contribution in [0.25, 0.3) is 21.5 Å². The zero-order valence-corrected chi connectivity index (χ0v) is 12.5. The zero-order valence-electron chi connectivity index (χ0n) is 10.2. The van der Waals surface area contributed by atoms with Crippen LogP contribution in [0.1, 0.15) is 12.5 Å². The molecule has 0 atom stereocenters. The number of hydrogen-bond acceptors (Lipinski definition) is 3. The molecule has 0 saturated heterocycles. The van der Waals surface area contributed by atoms with Crippen molar-refractivity contribution in [3.63, 3.8) is 0 Å². The monoisotopic (exact) mass is 308 g/mol. The summed E-state index contributed by atoms with van der Waals surface area (Å²) in [4.78, 5) is 8.75. The maximum Gasteiger partial charge on any atom is 0.164 e. The van der Waals surface area contributed by atoms with Gasteiger partial charge in [-0.3, -0.25) is 0 Å². The lowest BCUT2D eigenvalue weighted by atomic mass is 10.1. The molecule has 3 rings (SSSR count). The van der Waals surface area contributed by atoms with Gasteiger partial charge in [-0.15, -0.1) is 11.3 Å². The van der Waals surface area contributed by atoms with E-state index in [1.54, 1.807) is 11.3 Å². The summed E-state index contributed by atoms with van der Waals surface area (Å²) >= 11 is 14.0. The molecule has 19 heavy (non-hydrogen) atoms. The average molecular weight is 309 g/mol. The van der Waals surface area contributed by atoms with Crippen molar-refractivity contribution in [2.24, 2.45) is 0 Å². The highest BCUT2D eigenvalue weighted by Gasteiger charge is 2.14. The lowest BCUT2D eigenvalue weighted by Crippen LogP contribution is -1.96. The quantitative estimate of drug-likeness (QED) is 0.606. The lowest BCUT2D eigenvalue weighted by Gasteiger charge is -2.05. The van der Waals surface area contributed by atoms with Crippen LogP contribution in [0.4, 0.5) is 0 Å². The van der Waals surface area contributed by atoms with Gasteiger partial charge in [0.15, 0.2) is 5.82 Å². The van der Waals surface area contributed by atoms with Crippen molar-refractivity contribution < 1.29 is 0 Å². The smallest absolute Gasteiger partial charge is 0.164 e. The van der Waals surface area contributed by atoms with Crippen LogP contribution in [0.2, 0.25) is 10.3 Å². The van der Waals surface area contributed by atoms with Crippen molar-refractivity contribution >= 4 is 44.6 Å². The molecule has 2 aromatic heterocycles. The first-order chi connectivity index (χ1) is 9.20. The minimum Gasteiger partial charge on any atom is -0.216 e. The number of hydrogen-bond donors (Lipinski definition) is 0. The topological polar surface area (TPSA) is 25.8 Å². The lowest BCUT2D eigenvalue weighted by molar-refractivity contribution is 1.05. The van der Waals surface area contributed by atoms with Gasteiger partial charge in [0.25, 0.3) is 0 Å². The van der Waals surface area contributed by atoms with Gasteiger partial charge in [-0.2, -0.15) is 0 Å². The first-order valence-electron chi connectivity index (χ1n) is 5.89. The number of thiophene rings is 1. The van der Waals surface area contributed by atoms with Gasteiger partial charge in [0, 0.05) is 26.6 Å². The Morgan fingerprint density at radius 2 is 1.79 bits per heavy atom. The van der Waals surface area contributed by atoms with Gasteiger partial charge in [0.2, 0.25) is 0 Å². The summed E-state index contributed by atoms with van der Waals surface area (Å²) in [6, 6.07) is 8.15. The standard InChI is InChI=1S/C14H10Cl2N2S/c1-2-8-12(15)17-14(18-13(8)16)10-7-19-11-6-4-3-5-9(10)11/h3-7H,2H2,1H3. The second-order valence-electron chi connectivity index (χ2n) is 4.11. The van der Waals surface area contributed by atoms with E-state index < -0.39 is 0 Å². The highest BCUT2D eigenvalue weighted by Crippen LogP contribution is 2.34. The van der Waals surface area contributed by atoms with Crippen LogP contribution < -0.4 is 0 Å². The molecule has 2 nitrogen and oxygen atoms in total. The summed E-state index contributed by atoms with van der Waals surface area (Å²) in [6.45, 7) is 1.98. The van der Waals surface area contributed by atoms with Gasteiger partial charge in [-0.05, 0) is 12.5 Å². The van der Waals surface area contributed by atoms with Crippen molar-refractivity contribution in [2.75, 3.05) is 0 Å². The van der Waals surface area contributed by atoms with Crippen LogP contribution in [0.3, 0.4) is 0 Å². The summed E-state index contributed by atoms with van der Waals surface area (Å²) in [7, 11) is 0. The number of halogens is 2. The maximum absolute atomic E-state index is 6.17. The molecule has 96 valence electrons. The number of nitrogens with zero attached hydrogens (tertiary/aromatic N) is 2. The highest BCUT2D eigenvalue weighted by molar-refractivity contribution is 7.17. The minimum atomic E-state index is 0.438.